The number of nitrogens with zero attached hydrogens (tertiary/aromatic N) is 1. The van der Waals surface area contributed by atoms with Crippen LogP contribution in [0.4, 0.5) is 13.2 Å². The van der Waals surface area contributed by atoms with Crippen LogP contribution in [0.25, 0.3) is 0 Å². The normalized spacial score (nSPS) is 12.4. The molecule has 1 rings (SSSR count). The fourth-order valence-corrected chi connectivity index (χ4v) is 2.21. The van der Waals surface area contributed by atoms with E-state index in [0.29, 0.717) is 13.0 Å². The Labute approximate surface area is 141 Å². The first-order valence-corrected chi connectivity index (χ1v) is 7.28. The van der Waals surface area contributed by atoms with Gasteiger partial charge in [-0.1, -0.05) is 36.8 Å². The molecular formula is C16H24ClF3N2O. The van der Waals surface area contributed by atoms with Crippen LogP contribution in [0.15, 0.2) is 24.3 Å². The molecule has 0 saturated carbocycles. The Bertz CT molecular complexity index is 477. The first-order valence-electron chi connectivity index (χ1n) is 7.28. The number of nitrogens with one attached hydrogen (secondary N) is 1. The van der Waals surface area contributed by atoms with Crippen LogP contribution < -0.4 is 5.32 Å². The second-order valence-corrected chi connectivity index (χ2v) is 5.57. The predicted octanol–water partition coefficient (Wildman–Crippen LogP) is 3.21. The molecular weight excluding hydrogens is 329 g/mol. The topological polar surface area (TPSA) is 32.3 Å². The summed E-state index contributed by atoms with van der Waals surface area (Å²) in [5, 5.41) is 2.82. The van der Waals surface area contributed by atoms with Crippen LogP contribution in [-0.2, 0) is 11.2 Å². The lowest BCUT2D eigenvalue weighted by atomic mass is 10.1. The number of hydrogen-bond acceptors (Lipinski definition) is 2. The predicted molar refractivity (Wildman–Crippen MR) is 87.9 cm³/mol. The van der Waals surface area contributed by atoms with Crippen molar-refractivity contribution in [3.63, 3.8) is 0 Å². The van der Waals surface area contributed by atoms with Gasteiger partial charge in [0.25, 0.3) is 0 Å². The number of carbonyl (C=O) groups is 1. The van der Waals surface area contributed by atoms with E-state index in [1.54, 1.807) is 14.0 Å². The molecule has 0 aliphatic carbocycles. The highest BCUT2D eigenvalue weighted by molar-refractivity contribution is 5.85. The van der Waals surface area contributed by atoms with Crippen molar-refractivity contribution in [3.8, 4) is 0 Å². The largest absolute Gasteiger partial charge is 0.406 e. The van der Waals surface area contributed by atoms with Gasteiger partial charge in [0.05, 0.1) is 0 Å². The van der Waals surface area contributed by atoms with E-state index >= 15 is 0 Å². The molecule has 0 aromatic heterocycles. The second kappa shape index (κ2) is 9.78. The van der Waals surface area contributed by atoms with Gasteiger partial charge in [-0.3, -0.25) is 4.79 Å². The molecule has 3 nitrogen and oxygen atoms in total. The molecule has 1 atom stereocenters. The lowest BCUT2D eigenvalue weighted by molar-refractivity contribution is -0.163. The molecule has 7 heteroatoms. The minimum Gasteiger partial charge on any atom is -0.333 e. The van der Waals surface area contributed by atoms with Gasteiger partial charge < -0.3 is 10.2 Å². The van der Waals surface area contributed by atoms with Gasteiger partial charge >= 0.3 is 6.18 Å². The highest BCUT2D eigenvalue weighted by Crippen LogP contribution is 2.18. The van der Waals surface area contributed by atoms with Crippen LogP contribution in [-0.4, -0.2) is 43.7 Å². The van der Waals surface area contributed by atoms with Gasteiger partial charge in [0.1, 0.15) is 6.54 Å². The third-order valence-electron chi connectivity index (χ3n) is 3.40. The monoisotopic (exact) mass is 352 g/mol. The summed E-state index contributed by atoms with van der Waals surface area (Å²) in [5.41, 5.74) is 2.02. The van der Waals surface area contributed by atoms with Crippen LogP contribution in [0.2, 0.25) is 0 Å². The molecule has 1 aromatic rings. The summed E-state index contributed by atoms with van der Waals surface area (Å²) in [6.07, 6.45) is -3.98. The van der Waals surface area contributed by atoms with Crippen molar-refractivity contribution in [3.05, 3.63) is 35.4 Å². The molecule has 0 aliphatic heterocycles. The van der Waals surface area contributed by atoms with Gasteiger partial charge in [0, 0.05) is 19.0 Å². The Kier molecular flexibility index (Phi) is 9.24. The molecule has 0 spiro atoms. The number of halogens is 4. The summed E-state index contributed by atoms with van der Waals surface area (Å²) in [6, 6.07) is 7.58. The van der Waals surface area contributed by atoms with Crippen LogP contribution in [0.1, 0.15) is 18.1 Å². The zero-order valence-corrected chi connectivity index (χ0v) is 14.4. The minimum absolute atomic E-state index is 0. The van der Waals surface area contributed by atoms with Gasteiger partial charge in [-0.2, -0.15) is 13.2 Å². The molecule has 0 heterocycles. The lowest BCUT2D eigenvalue weighted by Gasteiger charge is -2.27. The molecule has 132 valence electrons. The summed E-state index contributed by atoms with van der Waals surface area (Å²) in [4.78, 5) is 13.1. The third-order valence-corrected chi connectivity index (χ3v) is 3.40. The Morgan fingerprint density at radius 3 is 2.30 bits per heavy atom. The van der Waals surface area contributed by atoms with Crippen molar-refractivity contribution < 1.29 is 18.0 Å². The molecule has 0 aliphatic rings. The maximum Gasteiger partial charge on any atom is 0.406 e. The summed E-state index contributed by atoms with van der Waals surface area (Å²) in [7, 11) is 1.67. The Morgan fingerprint density at radius 1 is 1.26 bits per heavy atom. The Balaban J connectivity index is 0.00000484. The molecule has 1 unspecified atom stereocenters. The second-order valence-electron chi connectivity index (χ2n) is 5.57. The summed E-state index contributed by atoms with van der Waals surface area (Å²) >= 11 is 0. The standard InChI is InChI=1S/C16H23F3N2O.ClH/c1-12-4-6-14(7-5-12)8-9-21(11-16(17,18)19)15(22)13(2)10-20-3;/h4-7,13,20H,8-11H2,1-3H3;1H. The average molecular weight is 353 g/mol. The Hall–Kier alpha value is -1.27. The SMILES string of the molecule is CNCC(C)C(=O)N(CCc1ccc(C)cc1)CC(F)(F)F.Cl. The van der Waals surface area contributed by atoms with Gasteiger partial charge in [0.2, 0.25) is 5.91 Å². The van der Waals surface area contributed by atoms with Crippen molar-refractivity contribution in [1.82, 2.24) is 10.2 Å². The van der Waals surface area contributed by atoms with Crippen molar-refractivity contribution in [2.24, 2.45) is 5.92 Å². The van der Waals surface area contributed by atoms with E-state index in [0.717, 1.165) is 16.0 Å². The summed E-state index contributed by atoms with van der Waals surface area (Å²) in [5.74, 6) is -0.954. The molecule has 0 radical (unpaired) electrons. The molecule has 1 N–H and O–H groups in total. The van der Waals surface area contributed by atoms with Crippen molar-refractivity contribution in [2.45, 2.75) is 26.4 Å². The van der Waals surface area contributed by atoms with E-state index < -0.39 is 24.5 Å². The van der Waals surface area contributed by atoms with E-state index in [1.807, 2.05) is 31.2 Å². The van der Waals surface area contributed by atoms with E-state index in [9.17, 15) is 18.0 Å². The molecule has 0 saturated heterocycles. The van der Waals surface area contributed by atoms with E-state index in [1.165, 1.54) is 0 Å². The number of amides is 1. The first kappa shape index (κ1) is 21.7. The summed E-state index contributed by atoms with van der Waals surface area (Å²) < 4.78 is 38.1. The highest BCUT2D eigenvalue weighted by atomic mass is 35.5. The molecule has 23 heavy (non-hydrogen) atoms. The maximum absolute atomic E-state index is 12.7. The van der Waals surface area contributed by atoms with Crippen molar-refractivity contribution in [2.75, 3.05) is 26.7 Å². The van der Waals surface area contributed by atoms with E-state index in [4.69, 9.17) is 0 Å². The summed E-state index contributed by atoms with van der Waals surface area (Å²) in [6.45, 7) is 2.80. The Morgan fingerprint density at radius 2 is 1.83 bits per heavy atom. The molecule has 1 aromatic carbocycles. The lowest BCUT2D eigenvalue weighted by Crippen LogP contribution is -2.44. The van der Waals surface area contributed by atoms with Crippen LogP contribution in [0.3, 0.4) is 0 Å². The van der Waals surface area contributed by atoms with Gasteiger partial charge in [-0.15, -0.1) is 12.4 Å². The zero-order chi connectivity index (χ0) is 16.8. The van der Waals surface area contributed by atoms with Crippen LogP contribution in [0.5, 0.6) is 0 Å². The maximum atomic E-state index is 12.7. The minimum atomic E-state index is -4.39. The molecule has 0 bridgehead atoms. The van der Waals surface area contributed by atoms with Gasteiger partial charge in [0.15, 0.2) is 0 Å². The fraction of sp³-hybridized carbons (Fsp3) is 0.562. The number of benzene rings is 1. The van der Waals surface area contributed by atoms with Crippen LogP contribution in [0, 0.1) is 12.8 Å². The smallest absolute Gasteiger partial charge is 0.333 e. The van der Waals surface area contributed by atoms with Gasteiger partial charge in [-0.25, -0.2) is 0 Å². The van der Waals surface area contributed by atoms with E-state index in [-0.39, 0.29) is 19.0 Å². The third kappa shape index (κ3) is 8.23. The quantitative estimate of drug-likeness (QED) is 0.817. The first-order chi connectivity index (χ1) is 10.2. The number of aryl methyl sites for hydroxylation is 1. The van der Waals surface area contributed by atoms with Crippen LogP contribution >= 0.6 is 12.4 Å². The number of carbonyl (C=O) groups excluding carboxylic acids is 1. The number of alkyl halides is 3. The van der Waals surface area contributed by atoms with E-state index in [2.05, 4.69) is 5.32 Å². The fourth-order valence-electron chi connectivity index (χ4n) is 2.21. The number of hydrogen-bond donors (Lipinski definition) is 1. The zero-order valence-electron chi connectivity index (χ0n) is 13.6. The van der Waals surface area contributed by atoms with Crippen molar-refractivity contribution >= 4 is 18.3 Å². The molecule has 1 amide bonds. The average Bonchev–Trinajstić information content (AvgIpc) is 2.43. The molecule has 0 fully saturated rings. The number of rotatable bonds is 7. The highest BCUT2D eigenvalue weighted by Gasteiger charge is 2.34. The van der Waals surface area contributed by atoms with Gasteiger partial charge in [-0.05, 0) is 26.0 Å². The van der Waals surface area contributed by atoms with Crippen molar-refractivity contribution in [1.29, 1.82) is 0 Å².